The van der Waals surface area contributed by atoms with Crippen LogP contribution in [0.5, 0.6) is 5.75 Å². The fourth-order valence-corrected chi connectivity index (χ4v) is 6.56. The lowest BCUT2D eigenvalue weighted by atomic mass is 9.99. The van der Waals surface area contributed by atoms with E-state index in [9.17, 15) is 26.7 Å². The van der Waals surface area contributed by atoms with Crippen molar-refractivity contribution >= 4 is 31.6 Å². The predicted octanol–water partition coefficient (Wildman–Crippen LogP) is 1.76. The topological polar surface area (TPSA) is 151 Å². The van der Waals surface area contributed by atoms with Crippen molar-refractivity contribution < 1.29 is 31.5 Å². The first-order chi connectivity index (χ1) is 18.8. The minimum absolute atomic E-state index is 0.0442. The molecule has 0 aliphatic carbocycles. The zero-order valence-electron chi connectivity index (χ0n) is 22.6. The summed E-state index contributed by atoms with van der Waals surface area (Å²) in [6, 6.07) is 11.6. The molecule has 2 heterocycles. The zero-order chi connectivity index (χ0) is 29.2. The number of nitrogens with one attached hydrogen (secondary N) is 1. The number of aryl methyl sites for hydroxylation is 1. The van der Waals surface area contributed by atoms with E-state index in [0.29, 0.717) is 0 Å². The van der Waals surface area contributed by atoms with E-state index in [-0.39, 0.29) is 52.5 Å². The molecular formula is C26H33N5O7S2. The van der Waals surface area contributed by atoms with Crippen LogP contribution in [0.4, 0.5) is 5.69 Å². The minimum atomic E-state index is -3.92. The monoisotopic (exact) mass is 591 g/mol. The van der Waals surface area contributed by atoms with Crippen molar-refractivity contribution in [2.75, 3.05) is 31.5 Å². The van der Waals surface area contributed by atoms with Gasteiger partial charge in [-0.1, -0.05) is 25.1 Å². The van der Waals surface area contributed by atoms with E-state index in [0.717, 1.165) is 4.31 Å². The molecule has 3 atom stereocenters. The molecule has 216 valence electrons. The quantitative estimate of drug-likeness (QED) is 0.382. The Morgan fingerprint density at radius 3 is 2.50 bits per heavy atom. The molecule has 0 bridgehead atoms. The van der Waals surface area contributed by atoms with Crippen LogP contribution >= 0.6 is 0 Å². The highest BCUT2D eigenvalue weighted by molar-refractivity contribution is 7.92. The number of ether oxygens (including phenoxy) is 1. The Morgan fingerprint density at radius 1 is 1.18 bits per heavy atom. The van der Waals surface area contributed by atoms with Crippen molar-refractivity contribution in [3.8, 4) is 5.75 Å². The first kappa shape index (κ1) is 29.5. The first-order valence-corrected chi connectivity index (χ1v) is 15.5. The van der Waals surface area contributed by atoms with E-state index in [1.165, 1.54) is 59.4 Å². The summed E-state index contributed by atoms with van der Waals surface area (Å²) in [7, 11) is -4.73. The van der Waals surface area contributed by atoms with Crippen LogP contribution in [0.2, 0.25) is 0 Å². The maximum absolute atomic E-state index is 13.6. The molecule has 3 aromatic rings. The van der Waals surface area contributed by atoms with Crippen LogP contribution in [-0.4, -0.2) is 85.5 Å². The number of imidazole rings is 1. The molecule has 4 rings (SSSR count). The number of anilines is 1. The third-order valence-corrected chi connectivity index (χ3v) is 9.87. The summed E-state index contributed by atoms with van der Waals surface area (Å²) in [5, 5.41) is 9.77. The number of sulfonamides is 2. The number of fused-ring (bicyclic) bond motifs is 1. The normalized spacial score (nSPS) is 18.9. The van der Waals surface area contributed by atoms with Gasteiger partial charge in [-0.05, 0) is 37.3 Å². The number of aliphatic hydroxyl groups excluding tert-OH is 1. The molecule has 1 amide bonds. The molecule has 2 aromatic carbocycles. The summed E-state index contributed by atoms with van der Waals surface area (Å²) >= 11 is 0. The molecule has 40 heavy (non-hydrogen) atoms. The lowest BCUT2D eigenvalue weighted by Gasteiger charge is -2.38. The lowest BCUT2D eigenvalue weighted by Crippen LogP contribution is -2.50. The molecule has 12 nitrogen and oxygen atoms in total. The van der Waals surface area contributed by atoms with E-state index in [1.807, 2.05) is 6.92 Å². The molecule has 1 aliphatic rings. The number of carbonyl (C=O) groups excluding carboxylic acids is 1. The second-order valence-corrected chi connectivity index (χ2v) is 13.6. The van der Waals surface area contributed by atoms with Gasteiger partial charge in [0.25, 0.3) is 26.0 Å². The van der Waals surface area contributed by atoms with Crippen LogP contribution < -0.4 is 9.46 Å². The number of benzene rings is 2. The fourth-order valence-electron chi connectivity index (χ4n) is 4.35. The van der Waals surface area contributed by atoms with Gasteiger partial charge in [-0.3, -0.25) is 9.52 Å². The number of carbonyl (C=O) groups is 1. The summed E-state index contributed by atoms with van der Waals surface area (Å²) in [4.78, 5) is 19.2. The van der Waals surface area contributed by atoms with Crippen molar-refractivity contribution in [3.63, 3.8) is 0 Å². The maximum Gasteiger partial charge on any atom is 0.261 e. The number of nitrogens with zero attached hydrogens (tertiary/aromatic N) is 4. The minimum Gasteiger partial charge on any atom is -0.488 e. The van der Waals surface area contributed by atoms with E-state index in [4.69, 9.17) is 4.74 Å². The Labute approximate surface area is 234 Å². The Hall–Kier alpha value is -3.46. The number of likely N-dealkylation sites (N-methyl/N-ethyl adjacent to an activating group) is 1. The van der Waals surface area contributed by atoms with E-state index < -0.39 is 38.1 Å². The Morgan fingerprint density at radius 2 is 1.88 bits per heavy atom. The van der Waals surface area contributed by atoms with Gasteiger partial charge in [0.15, 0.2) is 5.03 Å². The highest BCUT2D eigenvalue weighted by Crippen LogP contribution is 2.32. The van der Waals surface area contributed by atoms with Crippen molar-refractivity contribution in [2.45, 2.75) is 35.9 Å². The number of aromatic nitrogens is 2. The molecule has 0 spiro atoms. The summed E-state index contributed by atoms with van der Waals surface area (Å²) in [6.45, 7) is 3.36. The molecule has 14 heteroatoms. The average Bonchev–Trinajstić information content (AvgIpc) is 3.38. The van der Waals surface area contributed by atoms with Gasteiger partial charge in [-0.25, -0.2) is 21.8 Å². The van der Waals surface area contributed by atoms with Crippen LogP contribution in [0.3, 0.4) is 0 Å². The second-order valence-electron chi connectivity index (χ2n) is 9.92. The van der Waals surface area contributed by atoms with Gasteiger partial charge in [0, 0.05) is 38.4 Å². The number of hydrogen-bond donors (Lipinski definition) is 2. The smallest absolute Gasteiger partial charge is 0.261 e. The van der Waals surface area contributed by atoms with Crippen LogP contribution in [-0.2, 0) is 27.1 Å². The molecule has 0 unspecified atom stereocenters. The first-order valence-electron chi connectivity index (χ1n) is 12.6. The third kappa shape index (κ3) is 6.14. The molecular weight excluding hydrogens is 558 g/mol. The summed E-state index contributed by atoms with van der Waals surface area (Å²) < 4.78 is 63.4. The Bertz CT molecular complexity index is 1580. The van der Waals surface area contributed by atoms with Gasteiger partial charge in [0.1, 0.15) is 11.9 Å². The van der Waals surface area contributed by atoms with Gasteiger partial charge in [0.2, 0.25) is 0 Å². The fraction of sp³-hybridized carbons (Fsp3) is 0.385. The van der Waals surface area contributed by atoms with E-state index in [2.05, 4.69) is 9.71 Å². The SMILES string of the molecule is C[C@@H]1CN([C@@H](C)CO)C(=O)c2cc(NS(=O)(=O)c3ccccc3)ccc2O[C@H]1CN(C)S(=O)(=O)c1cn(C)cn1. The maximum atomic E-state index is 13.6. The third-order valence-electron chi connectivity index (χ3n) is 6.76. The summed E-state index contributed by atoms with van der Waals surface area (Å²) in [5.41, 5.74) is 0.233. The number of hydrogen-bond acceptors (Lipinski definition) is 8. The number of aliphatic hydroxyl groups is 1. The van der Waals surface area contributed by atoms with Gasteiger partial charge < -0.3 is 19.3 Å². The van der Waals surface area contributed by atoms with Gasteiger partial charge in [-0.15, -0.1) is 0 Å². The molecule has 0 saturated carbocycles. The van der Waals surface area contributed by atoms with Crippen molar-refractivity contribution in [1.29, 1.82) is 0 Å². The standard InChI is InChI=1S/C26H33N5O7S2/c1-18-13-31(19(2)16-32)26(33)22-12-20(28-39(34,35)21-8-6-5-7-9-21)10-11-23(22)38-24(18)14-30(4)40(36,37)25-15-29(3)17-27-25/h5-12,15,17-19,24,28,32H,13-14,16H2,1-4H3/t18-,19+,24+/m1/s1. The number of rotatable bonds is 9. The van der Waals surface area contributed by atoms with Crippen molar-refractivity contribution in [3.05, 3.63) is 66.6 Å². The van der Waals surface area contributed by atoms with Crippen LogP contribution in [0, 0.1) is 5.92 Å². The molecule has 1 aromatic heterocycles. The van der Waals surface area contributed by atoms with E-state index >= 15 is 0 Å². The average molecular weight is 592 g/mol. The predicted molar refractivity (Wildman–Crippen MR) is 148 cm³/mol. The Balaban J connectivity index is 1.68. The molecule has 0 fully saturated rings. The molecule has 1 aliphatic heterocycles. The van der Waals surface area contributed by atoms with Gasteiger partial charge >= 0.3 is 0 Å². The van der Waals surface area contributed by atoms with Crippen LogP contribution in [0.25, 0.3) is 0 Å². The zero-order valence-corrected chi connectivity index (χ0v) is 24.3. The Kier molecular flexibility index (Phi) is 8.54. The van der Waals surface area contributed by atoms with Gasteiger partial charge in [-0.2, -0.15) is 4.31 Å². The van der Waals surface area contributed by atoms with Crippen LogP contribution in [0.1, 0.15) is 24.2 Å². The highest BCUT2D eigenvalue weighted by atomic mass is 32.2. The lowest BCUT2D eigenvalue weighted by molar-refractivity contribution is 0.0387. The molecule has 0 saturated heterocycles. The van der Waals surface area contributed by atoms with E-state index in [1.54, 1.807) is 32.2 Å². The molecule has 0 radical (unpaired) electrons. The summed E-state index contributed by atoms with van der Waals surface area (Å²) in [6.07, 6.45) is 2.12. The molecule has 2 N–H and O–H groups in total. The summed E-state index contributed by atoms with van der Waals surface area (Å²) in [5.74, 6) is -0.608. The number of amides is 1. The van der Waals surface area contributed by atoms with Crippen LogP contribution in [0.15, 0.2) is 71.0 Å². The van der Waals surface area contributed by atoms with Crippen molar-refractivity contribution in [1.82, 2.24) is 18.8 Å². The highest BCUT2D eigenvalue weighted by Gasteiger charge is 2.36. The second kappa shape index (κ2) is 11.6. The largest absolute Gasteiger partial charge is 0.488 e. The van der Waals surface area contributed by atoms with Gasteiger partial charge in [0.05, 0.1) is 36.0 Å². The van der Waals surface area contributed by atoms with Crippen molar-refractivity contribution in [2.24, 2.45) is 13.0 Å².